The molecule has 0 N–H and O–H groups in total. The first kappa shape index (κ1) is 12.6. The van der Waals surface area contributed by atoms with Crippen LogP contribution >= 0.6 is 15.9 Å². The summed E-state index contributed by atoms with van der Waals surface area (Å²) in [5.74, 6) is 0.708. The lowest BCUT2D eigenvalue weighted by atomic mass is 10.2. The molecule has 1 aromatic carbocycles. The van der Waals surface area contributed by atoms with E-state index in [0.717, 1.165) is 4.47 Å². The van der Waals surface area contributed by atoms with Gasteiger partial charge in [-0.25, -0.2) is 4.98 Å². The molecule has 2 rings (SSSR count). The molecule has 2 aromatic rings. The third kappa shape index (κ3) is 2.88. The van der Waals surface area contributed by atoms with Crippen molar-refractivity contribution in [3.63, 3.8) is 0 Å². The predicted molar refractivity (Wildman–Crippen MR) is 75.2 cm³/mol. The maximum Gasteiger partial charge on any atom is 0.146 e. The van der Waals surface area contributed by atoms with Crippen molar-refractivity contribution in [1.82, 2.24) is 4.98 Å². The Hall–Kier alpha value is -1.86. The molecule has 0 aliphatic carbocycles. The number of anilines is 1. The fourth-order valence-corrected chi connectivity index (χ4v) is 2.22. The minimum Gasteiger partial charge on any atom is -0.354 e. The molecular formula is C14H12BrN3. The minimum atomic E-state index is 0.593. The fourth-order valence-electron chi connectivity index (χ4n) is 1.77. The zero-order valence-electron chi connectivity index (χ0n) is 9.97. The number of hydrogen-bond donors (Lipinski definition) is 0. The van der Waals surface area contributed by atoms with Gasteiger partial charge >= 0.3 is 0 Å². The number of hydrogen-bond acceptors (Lipinski definition) is 3. The first-order valence-corrected chi connectivity index (χ1v) is 6.30. The van der Waals surface area contributed by atoms with E-state index >= 15 is 0 Å². The maximum atomic E-state index is 9.05. The topological polar surface area (TPSA) is 39.9 Å². The van der Waals surface area contributed by atoms with Gasteiger partial charge in [0.1, 0.15) is 11.9 Å². The van der Waals surface area contributed by atoms with E-state index in [0.29, 0.717) is 17.9 Å². The number of nitriles is 1. The van der Waals surface area contributed by atoms with Crippen LogP contribution in [0.2, 0.25) is 0 Å². The van der Waals surface area contributed by atoms with Crippen LogP contribution in [0.5, 0.6) is 0 Å². The van der Waals surface area contributed by atoms with Gasteiger partial charge in [0.05, 0.1) is 5.56 Å². The molecule has 0 saturated heterocycles. The maximum absolute atomic E-state index is 9.05. The van der Waals surface area contributed by atoms with Crippen molar-refractivity contribution in [2.24, 2.45) is 0 Å². The van der Waals surface area contributed by atoms with E-state index in [1.807, 2.05) is 24.1 Å². The Kier molecular flexibility index (Phi) is 3.96. The molecule has 0 spiro atoms. The van der Waals surface area contributed by atoms with Crippen LogP contribution in [0.1, 0.15) is 11.1 Å². The third-order valence-corrected chi connectivity index (χ3v) is 3.07. The lowest BCUT2D eigenvalue weighted by molar-refractivity contribution is 0.894. The van der Waals surface area contributed by atoms with Crippen LogP contribution in [-0.4, -0.2) is 12.0 Å². The van der Waals surface area contributed by atoms with Crippen molar-refractivity contribution >= 4 is 21.7 Å². The number of nitrogens with zero attached hydrogens (tertiary/aromatic N) is 3. The molecule has 4 heteroatoms. The highest BCUT2D eigenvalue weighted by molar-refractivity contribution is 9.10. The molecule has 0 unspecified atom stereocenters. The molecule has 18 heavy (non-hydrogen) atoms. The molecule has 0 fully saturated rings. The summed E-state index contributed by atoms with van der Waals surface area (Å²) in [6.45, 7) is 0.713. The van der Waals surface area contributed by atoms with E-state index in [1.54, 1.807) is 18.3 Å². The third-order valence-electron chi connectivity index (χ3n) is 2.58. The summed E-state index contributed by atoms with van der Waals surface area (Å²) >= 11 is 3.45. The van der Waals surface area contributed by atoms with Crippen LogP contribution in [0.3, 0.4) is 0 Å². The van der Waals surface area contributed by atoms with Crippen LogP contribution in [0.4, 0.5) is 5.82 Å². The van der Waals surface area contributed by atoms with E-state index in [-0.39, 0.29) is 0 Å². The Morgan fingerprint density at radius 3 is 2.89 bits per heavy atom. The van der Waals surface area contributed by atoms with Gasteiger partial charge in [-0.1, -0.05) is 28.1 Å². The molecule has 0 bridgehead atoms. The van der Waals surface area contributed by atoms with Crippen molar-refractivity contribution < 1.29 is 0 Å². The van der Waals surface area contributed by atoms with Gasteiger partial charge in [-0.05, 0) is 29.8 Å². The zero-order chi connectivity index (χ0) is 13.0. The Morgan fingerprint density at radius 1 is 1.33 bits per heavy atom. The smallest absolute Gasteiger partial charge is 0.146 e. The van der Waals surface area contributed by atoms with Gasteiger partial charge in [-0.3, -0.25) is 0 Å². The summed E-state index contributed by atoms with van der Waals surface area (Å²) in [5, 5.41) is 9.05. The summed E-state index contributed by atoms with van der Waals surface area (Å²) in [4.78, 5) is 6.23. The number of aromatic nitrogens is 1. The van der Waals surface area contributed by atoms with Gasteiger partial charge < -0.3 is 4.90 Å². The van der Waals surface area contributed by atoms with E-state index in [4.69, 9.17) is 5.26 Å². The molecule has 3 nitrogen and oxygen atoms in total. The van der Waals surface area contributed by atoms with E-state index < -0.39 is 0 Å². The molecule has 0 aliphatic heterocycles. The van der Waals surface area contributed by atoms with Gasteiger partial charge in [0, 0.05) is 24.3 Å². The Morgan fingerprint density at radius 2 is 2.17 bits per heavy atom. The predicted octanol–water partition coefficient (Wildman–Crippen LogP) is 3.35. The number of pyridine rings is 1. The monoisotopic (exact) mass is 301 g/mol. The Labute approximate surface area is 115 Å². The molecule has 0 atom stereocenters. The molecule has 0 amide bonds. The molecule has 0 radical (unpaired) electrons. The summed E-state index contributed by atoms with van der Waals surface area (Å²) in [6.07, 6.45) is 1.70. The lowest BCUT2D eigenvalue weighted by Gasteiger charge is -2.19. The Balaban J connectivity index is 2.22. The second kappa shape index (κ2) is 5.65. The number of benzene rings is 1. The van der Waals surface area contributed by atoms with Crippen molar-refractivity contribution in [3.8, 4) is 6.07 Å². The number of rotatable bonds is 3. The Bertz CT molecular complexity index is 590. The molecule has 90 valence electrons. The largest absolute Gasteiger partial charge is 0.354 e. The van der Waals surface area contributed by atoms with Gasteiger partial charge in [0.2, 0.25) is 0 Å². The minimum absolute atomic E-state index is 0.593. The van der Waals surface area contributed by atoms with Crippen molar-refractivity contribution in [2.45, 2.75) is 6.54 Å². The van der Waals surface area contributed by atoms with Gasteiger partial charge in [-0.2, -0.15) is 5.26 Å². The molecule has 1 heterocycles. The number of halogens is 1. The highest BCUT2D eigenvalue weighted by Gasteiger charge is 2.08. The van der Waals surface area contributed by atoms with Crippen molar-refractivity contribution in [2.75, 3.05) is 11.9 Å². The quantitative estimate of drug-likeness (QED) is 0.873. The lowest BCUT2D eigenvalue weighted by Crippen LogP contribution is -2.18. The molecule has 0 saturated carbocycles. The van der Waals surface area contributed by atoms with E-state index in [2.05, 4.69) is 39.1 Å². The normalized spacial score (nSPS) is 9.83. The van der Waals surface area contributed by atoms with Gasteiger partial charge in [0.15, 0.2) is 0 Å². The molecular weight excluding hydrogens is 290 g/mol. The zero-order valence-corrected chi connectivity index (χ0v) is 11.6. The highest BCUT2D eigenvalue weighted by Crippen LogP contribution is 2.18. The van der Waals surface area contributed by atoms with Crippen LogP contribution in [0.15, 0.2) is 47.1 Å². The standard InChI is InChI=1S/C14H12BrN3/c1-18(10-11-4-2-6-13(15)8-11)14-12(9-16)5-3-7-17-14/h2-8H,10H2,1H3. The first-order valence-electron chi connectivity index (χ1n) is 5.51. The second-order valence-electron chi connectivity index (χ2n) is 3.97. The van der Waals surface area contributed by atoms with Crippen LogP contribution in [0.25, 0.3) is 0 Å². The SMILES string of the molecule is CN(Cc1cccc(Br)c1)c1ncccc1C#N. The van der Waals surface area contributed by atoms with Crippen molar-refractivity contribution in [1.29, 1.82) is 5.26 Å². The second-order valence-corrected chi connectivity index (χ2v) is 4.89. The summed E-state index contributed by atoms with van der Waals surface area (Å²) < 4.78 is 1.05. The average molecular weight is 302 g/mol. The molecule has 0 aliphatic rings. The van der Waals surface area contributed by atoms with Gasteiger partial charge in [0.25, 0.3) is 0 Å². The first-order chi connectivity index (χ1) is 8.70. The van der Waals surface area contributed by atoms with Gasteiger partial charge in [-0.15, -0.1) is 0 Å². The molecule has 1 aromatic heterocycles. The van der Waals surface area contributed by atoms with E-state index in [9.17, 15) is 0 Å². The fraction of sp³-hybridized carbons (Fsp3) is 0.143. The van der Waals surface area contributed by atoms with Crippen LogP contribution in [0, 0.1) is 11.3 Å². The highest BCUT2D eigenvalue weighted by atomic mass is 79.9. The van der Waals surface area contributed by atoms with Crippen LogP contribution < -0.4 is 4.90 Å². The average Bonchev–Trinajstić information content (AvgIpc) is 2.38. The summed E-state index contributed by atoms with van der Waals surface area (Å²) in [7, 11) is 1.93. The summed E-state index contributed by atoms with van der Waals surface area (Å²) in [5.41, 5.74) is 1.76. The van der Waals surface area contributed by atoms with E-state index in [1.165, 1.54) is 5.56 Å². The van der Waals surface area contributed by atoms with Crippen LogP contribution in [-0.2, 0) is 6.54 Å². The summed E-state index contributed by atoms with van der Waals surface area (Å²) in [6, 6.07) is 13.8. The van der Waals surface area contributed by atoms with Crippen molar-refractivity contribution in [3.05, 3.63) is 58.2 Å².